The minimum Gasteiger partial charge on any atom is -0.378 e. The number of halogens is 1. The zero-order valence-electron chi connectivity index (χ0n) is 13.9. The number of anilines is 3. The van der Waals surface area contributed by atoms with Gasteiger partial charge in [-0.15, -0.1) is 0 Å². The molecule has 3 aromatic rings. The van der Waals surface area contributed by atoms with Crippen LogP contribution >= 0.6 is 15.9 Å². The Morgan fingerprint density at radius 2 is 2.08 bits per heavy atom. The van der Waals surface area contributed by atoms with Crippen molar-refractivity contribution in [1.29, 1.82) is 0 Å². The number of primary amides is 1. The number of fused-ring (bicyclic) bond motifs is 1. The summed E-state index contributed by atoms with van der Waals surface area (Å²) in [5.41, 5.74) is 8.30. The fraction of sp³-hybridized carbons (Fsp3) is 0.235. The van der Waals surface area contributed by atoms with E-state index >= 15 is 0 Å². The largest absolute Gasteiger partial charge is 0.378 e. The van der Waals surface area contributed by atoms with E-state index in [1.807, 2.05) is 22.7 Å². The zero-order chi connectivity index (χ0) is 18.1. The minimum atomic E-state index is -0.468. The van der Waals surface area contributed by atoms with Gasteiger partial charge in [-0.2, -0.15) is 0 Å². The number of aromatic nitrogens is 3. The van der Waals surface area contributed by atoms with Gasteiger partial charge >= 0.3 is 0 Å². The second-order valence-corrected chi connectivity index (χ2v) is 6.68. The first-order valence-corrected chi connectivity index (χ1v) is 8.94. The third-order valence-electron chi connectivity index (χ3n) is 4.26. The van der Waals surface area contributed by atoms with Crippen molar-refractivity contribution in [3.8, 4) is 0 Å². The van der Waals surface area contributed by atoms with Crippen molar-refractivity contribution in [3.63, 3.8) is 0 Å². The average molecular weight is 417 g/mol. The molecule has 0 radical (unpaired) electrons. The van der Waals surface area contributed by atoms with Gasteiger partial charge < -0.3 is 20.7 Å². The number of nitrogens with zero attached hydrogens (tertiary/aromatic N) is 4. The van der Waals surface area contributed by atoms with Crippen LogP contribution in [0.3, 0.4) is 0 Å². The maximum Gasteiger partial charge on any atom is 0.250 e. The number of nitrogens with one attached hydrogen (secondary N) is 1. The van der Waals surface area contributed by atoms with Crippen LogP contribution in [-0.4, -0.2) is 46.6 Å². The van der Waals surface area contributed by atoms with Gasteiger partial charge in [-0.3, -0.25) is 9.20 Å². The Hall–Kier alpha value is -2.65. The standard InChI is InChI=1S/C17H17BrN6O2/c18-14-10-21-16(17-20-3-4-24(14)17)22-11-1-2-13(12(9-11)15(19)25)23-5-7-26-8-6-23/h1-4,9-10H,5-8H2,(H2,19,25)(H,21,22). The first kappa shape index (κ1) is 16.8. The van der Waals surface area contributed by atoms with Crippen LogP contribution in [0, 0.1) is 0 Å². The van der Waals surface area contributed by atoms with Gasteiger partial charge in [0.25, 0.3) is 5.91 Å². The van der Waals surface area contributed by atoms with Gasteiger partial charge in [0, 0.05) is 36.9 Å². The smallest absolute Gasteiger partial charge is 0.250 e. The lowest BCUT2D eigenvalue weighted by Crippen LogP contribution is -2.37. The molecule has 9 heteroatoms. The van der Waals surface area contributed by atoms with Crippen LogP contribution in [0.1, 0.15) is 10.4 Å². The number of amides is 1. The molecule has 1 aliphatic heterocycles. The summed E-state index contributed by atoms with van der Waals surface area (Å²) in [6.07, 6.45) is 5.22. The number of nitrogens with two attached hydrogens (primary N) is 1. The van der Waals surface area contributed by atoms with Crippen LogP contribution in [0.25, 0.3) is 5.65 Å². The van der Waals surface area contributed by atoms with E-state index in [9.17, 15) is 4.79 Å². The summed E-state index contributed by atoms with van der Waals surface area (Å²) in [7, 11) is 0. The molecule has 1 fully saturated rings. The van der Waals surface area contributed by atoms with Crippen LogP contribution in [0.2, 0.25) is 0 Å². The highest BCUT2D eigenvalue weighted by Crippen LogP contribution is 2.28. The Morgan fingerprint density at radius 1 is 1.27 bits per heavy atom. The van der Waals surface area contributed by atoms with Gasteiger partial charge in [0.2, 0.25) is 0 Å². The fourth-order valence-electron chi connectivity index (χ4n) is 3.00. The lowest BCUT2D eigenvalue weighted by atomic mass is 10.1. The summed E-state index contributed by atoms with van der Waals surface area (Å²) in [5.74, 6) is 0.123. The Bertz CT molecular complexity index is 967. The third-order valence-corrected chi connectivity index (χ3v) is 4.85. The van der Waals surface area contributed by atoms with E-state index in [0.717, 1.165) is 29.1 Å². The quantitative estimate of drug-likeness (QED) is 0.676. The van der Waals surface area contributed by atoms with E-state index in [4.69, 9.17) is 10.5 Å². The number of hydrogen-bond acceptors (Lipinski definition) is 6. The molecule has 2 aromatic heterocycles. The predicted octanol–water partition coefficient (Wildman–Crippen LogP) is 2.17. The highest BCUT2D eigenvalue weighted by atomic mass is 79.9. The van der Waals surface area contributed by atoms with Crippen molar-refractivity contribution in [3.05, 3.63) is 47.0 Å². The van der Waals surface area contributed by atoms with Gasteiger partial charge in [0.1, 0.15) is 4.60 Å². The normalized spacial score (nSPS) is 14.6. The Morgan fingerprint density at radius 3 is 2.85 bits per heavy atom. The number of benzene rings is 1. The highest BCUT2D eigenvalue weighted by molar-refractivity contribution is 9.10. The average Bonchev–Trinajstić information content (AvgIpc) is 3.16. The molecule has 0 spiro atoms. The number of carbonyl (C=O) groups excluding carboxylic acids is 1. The van der Waals surface area contributed by atoms with Gasteiger partial charge in [-0.25, -0.2) is 9.97 Å². The Balaban J connectivity index is 1.68. The molecule has 3 N–H and O–H groups in total. The molecule has 3 heterocycles. The number of carbonyl (C=O) groups is 1. The second kappa shape index (κ2) is 6.93. The SMILES string of the molecule is NC(=O)c1cc(Nc2ncc(Br)n3ccnc23)ccc1N1CCOCC1. The molecular weight excluding hydrogens is 400 g/mol. The fourth-order valence-corrected chi connectivity index (χ4v) is 3.39. The van der Waals surface area contributed by atoms with Gasteiger partial charge in [-0.05, 0) is 34.1 Å². The molecule has 1 aromatic carbocycles. The summed E-state index contributed by atoms with van der Waals surface area (Å²) in [5, 5.41) is 3.22. The first-order valence-electron chi connectivity index (χ1n) is 8.14. The van der Waals surface area contributed by atoms with E-state index in [1.165, 1.54) is 0 Å². The van der Waals surface area contributed by atoms with Crippen LogP contribution < -0.4 is 16.0 Å². The van der Waals surface area contributed by atoms with E-state index < -0.39 is 5.91 Å². The molecule has 1 saturated heterocycles. The predicted molar refractivity (Wildman–Crippen MR) is 102 cm³/mol. The van der Waals surface area contributed by atoms with Crippen LogP contribution in [0.5, 0.6) is 0 Å². The molecule has 4 rings (SSSR count). The Labute approximate surface area is 158 Å². The molecule has 0 bridgehead atoms. The third kappa shape index (κ3) is 3.11. The summed E-state index contributed by atoms with van der Waals surface area (Å²) in [6.45, 7) is 2.74. The van der Waals surface area contributed by atoms with Gasteiger partial charge in [0.05, 0.1) is 25.0 Å². The first-order chi connectivity index (χ1) is 12.6. The molecular formula is C17H17BrN6O2. The summed E-state index contributed by atoms with van der Waals surface area (Å²) < 4.78 is 8.04. The molecule has 1 amide bonds. The number of imidazole rings is 1. The molecule has 134 valence electrons. The topological polar surface area (TPSA) is 97.8 Å². The summed E-state index contributed by atoms with van der Waals surface area (Å²) >= 11 is 3.44. The monoisotopic (exact) mass is 416 g/mol. The van der Waals surface area contributed by atoms with Crippen molar-refractivity contribution in [2.45, 2.75) is 0 Å². The molecule has 0 unspecified atom stereocenters. The zero-order valence-corrected chi connectivity index (χ0v) is 15.4. The van der Waals surface area contributed by atoms with Crippen LogP contribution in [-0.2, 0) is 4.74 Å². The number of hydrogen-bond donors (Lipinski definition) is 2. The lowest BCUT2D eigenvalue weighted by Gasteiger charge is -2.30. The van der Waals surface area contributed by atoms with E-state index in [2.05, 4.69) is 36.1 Å². The van der Waals surface area contributed by atoms with Crippen molar-refractivity contribution < 1.29 is 9.53 Å². The van der Waals surface area contributed by atoms with Crippen molar-refractivity contribution in [2.75, 3.05) is 36.5 Å². The molecule has 8 nitrogen and oxygen atoms in total. The summed E-state index contributed by atoms with van der Waals surface area (Å²) in [6, 6.07) is 5.55. The molecule has 0 saturated carbocycles. The maximum atomic E-state index is 12.0. The number of rotatable bonds is 4. The van der Waals surface area contributed by atoms with Crippen molar-refractivity contribution >= 4 is 44.7 Å². The van der Waals surface area contributed by atoms with Gasteiger partial charge in [0.15, 0.2) is 11.5 Å². The van der Waals surface area contributed by atoms with E-state index in [0.29, 0.717) is 30.2 Å². The Kier molecular flexibility index (Phi) is 4.48. The lowest BCUT2D eigenvalue weighted by molar-refractivity contribution is 0.0998. The molecule has 0 aliphatic carbocycles. The van der Waals surface area contributed by atoms with Crippen LogP contribution in [0.4, 0.5) is 17.2 Å². The van der Waals surface area contributed by atoms with Crippen molar-refractivity contribution in [2.24, 2.45) is 5.73 Å². The van der Waals surface area contributed by atoms with E-state index in [-0.39, 0.29) is 0 Å². The molecule has 26 heavy (non-hydrogen) atoms. The molecule has 0 atom stereocenters. The van der Waals surface area contributed by atoms with Crippen molar-refractivity contribution in [1.82, 2.24) is 14.4 Å². The maximum absolute atomic E-state index is 12.0. The highest BCUT2D eigenvalue weighted by Gasteiger charge is 2.18. The second-order valence-electron chi connectivity index (χ2n) is 5.87. The number of morpholine rings is 1. The minimum absolute atomic E-state index is 0.466. The van der Waals surface area contributed by atoms with E-state index in [1.54, 1.807) is 18.5 Å². The van der Waals surface area contributed by atoms with Crippen LogP contribution in [0.15, 0.2) is 41.4 Å². The van der Waals surface area contributed by atoms with Gasteiger partial charge in [-0.1, -0.05) is 0 Å². The number of ether oxygens (including phenoxy) is 1. The molecule has 1 aliphatic rings. The summed E-state index contributed by atoms with van der Waals surface area (Å²) in [4.78, 5) is 22.8.